The number of halogens is 2. The van der Waals surface area contributed by atoms with E-state index in [0.29, 0.717) is 12.8 Å². The average molecular weight is 591 g/mol. The van der Waals surface area contributed by atoms with Crippen LogP contribution in [0.25, 0.3) is 0 Å². The van der Waals surface area contributed by atoms with Crippen LogP contribution < -0.4 is 9.62 Å². The summed E-state index contributed by atoms with van der Waals surface area (Å²) in [6.07, 6.45) is 0.837. The lowest BCUT2D eigenvalue weighted by atomic mass is 10.1. The van der Waals surface area contributed by atoms with Crippen molar-refractivity contribution in [3.05, 3.63) is 94.5 Å². The molecule has 3 aromatic carbocycles. The minimum Gasteiger partial charge on any atom is -0.352 e. The first-order valence-corrected chi connectivity index (χ1v) is 14.9. The van der Waals surface area contributed by atoms with Gasteiger partial charge in [0.1, 0.15) is 12.6 Å². The number of benzene rings is 3. The van der Waals surface area contributed by atoms with E-state index in [1.165, 1.54) is 35.2 Å². The standard InChI is InChI=1S/C29H33Cl2N3O4S/c1-4-26(29(36)32-21(2)3)33(18-17-22-11-7-5-8-12-22)28(35)20-34(27-19-23(30)15-16-25(27)31)39(37,38)24-13-9-6-10-14-24/h5-16,19,21,26H,4,17-18,20H2,1-3H3,(H,32,36)/t26-/m1/s1. The van der Waals surface area contributed by atoms with Crippen LogP contribution in [0.15, 0.2) is 83.8 Å². The van der Waals surface area contributed by atoms with E-state index < -0.39 is 28.5 Å². The van der Waals surface area contributed by atoms with Gasteiger partial charge in [0.25, 0.3) is 10.0 Å². The van der Waals surface area contributed by atoms with Gasteiger partial charge in [-0.25, -0.2) is 8.42 Å². The molecule has 0 heterocycles. The number of carbonyl (C=O) groups excluding carboxylic acids is 2. The number of rotatable bonds is 12. The largest absolute Gasteiger partial charge is 0.352 e. The van der Waals surface area contributed by atoms with Crippen molar-refractivity contribution in [1.29, 1.82) is 0 Å². The van der Waals surface area contributed by atoms with E-state index in [9.17, 15) is 18.0 Å². The summed E-state index contributed by atoms with van der Waals surface area (Å²) in [5, 5.41) is 3.26. The van der Waals surface area contributed by atoms with Crippen molar-refractivity contribution >= 4 is 50.7 Å². The van der Waals surface area contributed by atoms with Crippen LogP contribution in [-0.4, -0.2) is 50.3 Å². The summed E-state index contributed by atoms with van der Waals surface area (Å²) in [6, 6.07) is 20.9. The number of sulfonamides is 1. The van der Waals surface area contributed by atoms with E-state index in [1.807, 2.05) is 51.1 Å². The summed E-state index contributed by atoms with van der Waals surface area (Å²) < 4.78 is 28.6. The van der Waals surface area contributed by atoms with Crippen LogP contribution in [0.3, 0.4) is 0 Å². The van der Waals surface area contributed by atoms with Crippen LogP contribution in [0.1, 0.15) is 32.8 Å². The van der Waals surface area contributed by atoms with Crippen molar-refractivity contribution in [2.24, 2.45) is 0 Å². The van der Waals surface area contributed by atoms with E-state index in [-0.39, 0.29) is 39.1 Å². The zero-order valence-electron chi connectivity index (χ0n) is 22.2. The third-order valence-corrected chi connectivity index (χ3v) is 8.42. The topological polar surface area (TPSA) is 86.8 Å². The molecule has 39 heavy (non-hydrogen) atoms. The number of carbonyl (C=O) groups is 2. The minimum absolute atomic E-state index is 0.00531. The van der Waals surface area contributed by atoms with E-state index >= 15 is 0 Å². The highest BCUT2D eigenvalue weighted by Gasteiger charge is 2.34. The molecule has 0 aliphatic heterocycles. The van der Waals surface area contributed by atoms with Crippen molar-refractivity contribution < 1.29 is 18.0 Å². The number of nitrogens with one attached hydrogen (secondary N) is 1. The first-order valence-electron chi connectivity index (χ1n) is 12.7. The Hall–Kier alpha value is -3.07. The molecule has 1 atom stereocenters. The highest BCUT2D eigenvalue weighted by Crippen LogP contribution is 2.33. The monoisotopic (exact) mass is 589 g/mol. The van der Waals surface area contributed by atoms with Crippen molar-refractivity contribution in [3.63, 3.8) is 0 Å². The molecule has 0 aliphatic carbocycles. The van der Waals surface area contributed by atoms with E-state index in [0.717, 1.165) is 9.87 Å². The highest BCUT2D eigenvalue weighted by atomic mass is 35.5. The van der Waals surface area contributed by atoms with Gasteiger partial charge < -0.3 is 10.2 Å². The maximum atomic E-state index is 14.0. The summed E-state index contributed by atoms with van der Waals surface area (Å²) in [4.78, 5) is 28.6. The molecule has 1 N–H and O–H groups in total. The molecule has 0 bridgehead atoms. The van der Waals surface area contributed by atoms with Gasteiger partial charge in [-0.2, -0.15) is 0 Å². The SMILES string of the molecule is CC[C@H](C(=O)NC(C)C)N(CCc1ccccc1)C(=O)CN(c1cc(Cl)ccc1Cl)S(=O)(=O)c1ccccc1. The quantitative estimate of drug-likeness (QED) is 0.299. The molecule has 208 valence electrons. The van der Waals surface area contributed by atoms with E-state index in [4.69, 9.17) is 23.2 Å². The first-order chi connectivity index (χ1) is 18.5. The van der Waals surface area contributed by atoms with Gasteiger partial charge in [0, 0.05) is 17.6 Å². The maximum absolute atomic E-state index is 14.0. The van der Waals surface area contributed by atoms with Gasteiger partial charge >= 0.3 is 0 Å². The van der Waals surface area contributed by atoms with Crippen LogP contribution in [0.5, 0.6) is 0 Å². The molecular formula is C29H33Cl2N3O4S. The van der Waals surface area contributed by atoms with Crippen molar-refractivity contribution in [2.45, 2.75) is 50.6 Å². The molecular weight excluding hydrogens is 557 g/mol. The molecule has 0 unspecified atom stereocenters. The second-order valence-electron chi connectivity index (χ2n) is 9.33. The Bertz CT molecular complexity index is 1370. The Morgan fingerprint density at radius 3 is 2.13 bits per heavy atom. The highest BCUT2D eigenvalue weighted by molar-refractivity contribution is 7.92. The van der Waals surface area contributed by atoms with Crippen LogP contribution in [0.4, 0.5) is 5.69 Å². The third-order valence-electron chi connectivity index (χ3n) is 6.09. The molecule has 0 spiro atoms. The lowest BCUT2D eigenvalue weighted by Gasteiger charge is -2.33. The molecule has 0 fully saturated rings. The Labute approximate surface area is 240 Å². The van der Waals surface area contributed by atoms with Crippen LogP contribution in [-0.2, 0) is 26.0 Å². The molecule has 0 aromatic heterocycles. The summed E-state index contributed by atoms with van der Waals surface area (Å²) >= 11 is 12.6. The van der Waals surface area contributed by atoms with Gasteiger partial charge in [-0.05, 0) is 62.6 Å². The predicted molar refractivity (Wildman–Crippen MR) is 157 cm³/mol. The van der Waals surface area contributed by atoms with Crippen molar-refractivity contribution in [1.82, 2.24) is 10.2 Å². The number of hydrogen-bond donors (Lipinski definition) is 1. The third kappa shape index (κ3) is 7.97. The molecule has 0 saturated carbocycles. The van der Waals surface area contributed by atoms with Crippen LogP contribution >= 0.6 is 23.2 Å². The van der Waals surface area contributed by atoms with Gasteiger partial charge in [0.05, 0.1) is 15.6 Å². The molecule has 3 aromatic rings. The fraction of sp³-hybridized carbons (Fsp3) is 0.310. The normalized spacial score (nSPS) is 12.2. The van der Waals surface area contributed by atoms with E-state index in [2.05, 4.69) is 5.32 Å². The summed E-state index contributed by atoms with van der Waals surface area (Å²) in [5.74, 6) is -0.834. The summed E-state index contributed by atoms with van der Waals surface area (Å²) in [5.41, 5.74) is 1.06. The fourth-order valence-electron chi connectivity index (χ4n) is 4.19. The molecule has 0 radical (unpaired) electrons. The van der Waals surface area contributed by atoms with Crippen molar-refractivity contribution in [2.75, 3.05) is 17.4 Å². The lowest BCUT2D eigenvalue weighted by molar-refractivity contribution is -0.139. The van der Waals surface area contributed by atoms with Gasteiger partial charge in [-0.15, -0.1) is 0 Å². The van der Waals surface area contributed by atoms with Crippen LogP contribution in [0, 0.1) is 0 Å². The van der Waals surface area contributed by atoms with Gasteiger partial charge in [0.2, 0.25) is 11.8 Å². The Morgan fingerprint density at radius 1 is 0.923 bits per heavy atom. The zero-order chi connectivity index (χ0) is 28.6. The van der Waals surface area contributed by atoms with Gasteiger partial charge in [-0.3, -0.25) is 13.9 Å². The summed E-state index contributed by atoms with van der Waals surface area (Å²) in [6.45, 7) is 5.15. The molecule has 3 rings (SSSR count). The zero-order valence-corrected chi connectivity index (χ0v) is 24.5. The second kappa shape index (κ2) is 13.8. The Balaban J connectivity index is 2.04. The second-order valence-corrected chi connectivity index (χ2v) is 12.0. The molecule has 7 nitrogen and oxygen atoms in total. The van der Waals surface area contributed by atoms with Gasteiger partial charge in [-0.1, -0.05) is 78.7 Å². The maximum Gasteiger partial charge on any atom is 0.264 e. The van der Waals surface area contributed by atoms with Crippen molar-refractivity contribution in [3.8, 4) is 0 Å². The summed E-state index contributed by atoms with van der Waals surface area (Å²) in [7, 11) is -4.22. The Kier molecular flexibility index (Phi) is 10.8. The molecule has 0 saturated heterocycles. The number of anilines is 1. The fourth-order valence-corrected chi connectivity index (χ4v) is 6.07. The lowest BCUT2D eigenvalue weighted by Crippen LogP contribution is -2.54. The number of hydrogen-bond acceptors (Lipinski definition) is 4. The van der Waals surface area contributed by atoms with Gasteiger partial charge in [0.15, 0.2) is 0 Å². The molecule has 0 aliphatic rings. The van der Waals surface area contributed by atoms with Crippen LogP contribution in [0.2, 0.25) is 10.0 Å². The average Bonchev–Trinajstić information content (AvgIpc) is 2.91. The van der Waals surface area contributed by atoms with E-state index in [1.54, 1.807) is 18.2 Å². The number of amides is 2. The minimum atomic E-state index is -4.22. The first kappa shape index (κ1) is 30.5. The Morgan fingerprint density at radius 2 is 1.54 bits per heavy atom. The molecule has 2 amide bonds. The number of nitrogens with zero attached hydrogens (tertiary/aromatic N) is 2. The predicted octanol–water partition coefficient (Wildman–Crippen LogP) is 5.56. The smallest absolute Gasteiger partial charge is 0.264 e. The molecule has 10 heteroatoms.